The lowest BCUT2D eigenvalue weighted by atomic mass is 10.1. The van der Waals surface area contributed by atoms with E-state index < -0.39 is 11.7 Å². The van der Waals surface area contributed by atoms with Crippen molar-refractivity contribution in [3.63, 3.8) is 0 Å². The predicted molar refractivity (Wildman–Crippen MR) is 66.8 cm³/mol. The quantitative estimate of drug-likeness (QED) is 0.843. The topological polar surface area (TPSA) is 29.1 Å². The molecule has 100 valence electrons. The Labute approximate surface area is 112 Å². The molecular formula is C12H13BrF3NO. The third-order valence-corrected chi connectivity index (χ3v) is 3.37. The summed E-state index contributed by atoms with van der Waals surface area (Å²) in [6.45, 7) is 2.40. The van der Waals surface area contributed by atoms with E-state index in [0.29, 0.717) is 6.54 Å². The van der Waals surface area contributed by atoms with Gasteiger partial charge in [0.2, 0.25) is 0 Å². The molecule has 1 unspecified atom stereocenters. The van der Waals surface area contributed by atoms with Crippen LogP contribution in [0.3, 0.4) is 0 Å². The number of amides is 1. The monoisotopic (exact) mass is 323 g/mol. The van der Waals surface area contributed by atoms with E-state index in [-0.39, 0.29) is 16.3 Å². The smallest absolute Gasteiger partial charge is 0.351 e. The fourth-order valence-electron chi connectivity index (χ4n) is 1.26. The molecule has 0 heterocycles. The Balaban J connectivity index is 2.65. The summed E-state index contributed by atoms with van der Waals surface area (Å²) in [6, 6.07) is 4.15. The van der Waals surface area contributed by atoms with Gasteiger partial charge in [0.15, 0.2) is 0 Å². The van der Waals surface area contributed by atoms with Crippen LogP contribution in [0.25, 0.3) is 0 Å². The normalized spacial score (nSPS) is 13.2. The van der Waals surface area contributed by atoms with Gasteiger partial charge in [-0.3, -0.25) is 4.79 Å². The van der Waals surface area contributed by atoms with E-state index in [2.05, 4.69) is 21.2 Å². The average Bonchev–Trinajstić information content (AvgIpc) is 2.34. The van der Waals surface area contributed by atoms with E-state index >= 15 is 0 Å². The maximum absolute atomic E-state index is 12.3. The van der Waals surface area contributed by atoms with Gasteiger partial charge in [0.1, 0.15) is 0 Å². The number of carbonyl (C=O) groups is 1. The Morgan fingerprint density at radius 2 is 1.89 bits per heavy atom. The van der Waals surface area contributed by atoms with E-state index in [1.165, 1.54) is 12.1 Å². The molecule has 0 aromatic heterocycles. The molecular weight excluding hydrogens is 311 g/mol. The molecule has 0 aliphatic heterocycles. The minimum atomic E-state index is -4.38. The summed E-state index contributed by atoms with van der Waals surface area (Å²) in [7, 11) is 0. The standard InChI is InChI=1S/C12H13BrF3NO/c1-2-10(13)7-17-11(18)8-3-5-9(6-4-8)12(14,15)16/h3-6,10H,2,7H2,1H3,(H,17,18). The minimum Gasteiger partial charge on any atom is -0.351 e. The van der Waals surface area contributed by atoms with Gasteiger partial charge in [-0.1, -0.05) is 22.9 Å². The second-order valence-electron chi connectivity index (χ2n) is 3.79. The molecule has 1 amide bonds. The maximum atomic E-state index is 12.3. The summed E-state index contributed by atoms with van der Waals surface area (Å²) >= 11 is 3.35. The maximum Gasteiger partial charge on any atom is 0.416 e. The largest absolute Gasteiger partial charge is 0.416 e. The number of hydrogen-bond donors (Lipinski definition) is 1. The van der Waals surface area contributed by atoms with Gasteiger partial charge in [-0.05, 0) is 30.7 Å². The van der Waals surface area contributed by atoms with Crippen molar-refractivity contribution < 1.29 is 18.0 Å². The molecule has 1 N–H and O–H groups in total. The van der Waals surface area contributed by atoms with Gasteiger partial charge in [-0.15, -0.1) is 0 Å². The number of carbonyl (C=O) groups excluding carboxylic acids is 1. The molecule has 0 aliphatic rings. The lowest BCUT2D eigenvalue weighted by molar-refractivity contribution is -0.137. The minimum absolute atomic E-state index is 0.163. The van der Waals surface area contributed by atoms with E-state index in [4.69, 9.17) is 0 Å². The highest BCUT2D eigenvalue weighted by Crippen LogP contribution is 2.29. The summed E-state index contributed by atoms with van der Waals surface area (Å²) in [6.07, 6.45) is -3.52. The van der Waals surface area contributed by atoms with Crippen molar-refractivity contribution in [1.29, 1.82) is 0 Å². The number of halogens is 4. The number of alkyl halides is 4. The number of benzene rings is 1. The molecule has 0 saturated heterocycles. The predicted octanol–water partition coefficient (Wildman–Crippen LogP) is 3.61. The van der Waals surface area contributed by atoms with Crippen molar-refractivity contribution in [2.75, 3.05) is 6.54 Å². The second-order valence-corrected chi connectivity index (χ2v) is 5.09. The molecule has 0 bridgehead atoms. The molecule has 1 rings (SSSR count). The van der Waals surface area contributed by atoms with Crippen LogP contribution in [0.4, 0.5) is 13.2 Å². The van der Waals surface area contributed by atoms with E-state index in [0.717, 1.165) is 18.6 Å². The van der Waals surface area contributed by atoms with Crippen LogP contribution < -0.4 is 5.32 Å². The van der Waals surface area contributed by atoms with Crippen molar-refractivity contribution >= 4 is 21.8 Å². The molecule has 1 aromatic carbocycles. The first-order chi connectivity index (χ1) is 8.34. The molecule has 0 fully saturated rings. The highest BCUT2D eigenvalue weighted by molar-refractivity contribution is 9.09. The van der Waals surface area contributed by atoms with Gasteiger partial charge in [-0.25, -0.2) is 0 Å². The fourth-order valence-corrected chi connectivity index (χ4v) is 1.42. The zero-order valence-corrected chi connectivity index (χ0v) is 11.3. The fraction of sp³-hybridized carbons (Fsp3) is 0.417. The van der Waals surface area contributed by atoms with Gasteiger partial charge >= 0.3 is 6.18 Å². The van der Waals surface area contributed by atoms with Crippen LogP contribution in [0.1, 0.15) is 29.3 Å². The molecule has 0 radical (unpaired) electrons. The lowest BCUT2D eigenvalue weighted by Crippen LogP contribution is -2.29. The Kier molecular flexibility index (Phi) is 5.19. The Bertz CT molecular complexity index is 403. The zero-order valence-electron chi connectivity index (χ0n) is 9.72. The van der Waals surface area contributed by atoms with Crippen LogP contribution in [-0.2, 0) is 6.18 Å². The first-order valence-corrected chi connectivity index (χ1v) is 6.35. The highest BCUT2D eigenvalue weighted by atomic mass is 79.9. The molecule has 0 spiro atoms. The number of hydrogen-bond acceptors (Lipinski definition) is 1. The van der Waals surface area contributed by atoms with Crippen molar-refractivity contribution in [3.8, 4) is 0 Å². The van der Waals surface area contributed by atoms with Crippen molar-refractivity contribution in [1.82, 2.24) is 5.32 Å². The lowest BCUT2D eigenvalue weighted by Gasteiger charge is -2.10. The van der Waals surface area contributed by atoms with Gasteiger partial charge in [0, 0.05) is 16.9 Å². The van der Waals surface area contributed by atoms with E-state index in [1.807, 2.05) is 6.92 Å². The molecule has 6 heteroatoms. The molecule has 0 aliphatic carbocycles. The summed E-state index contributed by atoms with van der Waals surface area (Å²) in [5, 5.41) is 2.64. The van der Waals surface area contributed by atoms with Gasteiger partial charge < -0.3 is 5.32 Å². The molecule has 2 nitrogen and oxygen atoms in total. The van der Waals surface area contributed by atoms with Crippen LogP contribution in [-0.4, -0.2) is 17.3 Å². The number of nitrogens with one attached hydrogen (secondary N) is 1. The van der Waals surface area contributed by atoms with Crippen molar-refractivity contribution in [3.05, 3.63) is 35.4 Å². The Hall–Kier alpha value is -1.04. The molecule has 1 aromatic rings. The van der Waals surface area contributed by atoms with Crippen LogP contribution in [0, 0.1) is 0 Å². The Morgan fingerprint density at radius 3 is 2.33 bits per heavy atom. The summed E-state index contributed by atoms with van der Waals surface area (Å²) in [5.74, 6) is -0.373. The van der Waals surface area contributed by atoms with Crippen LogP contribution in [0.5, 0.6) is 0 Å². The summed E-state index contributed by atoms with van der Waals surface area (Å²) in [5.41, 5.74) is -0.537. The summed E-state index contributed by atoms with van der Waals surface area (Å²) < 4.78 is 36.9. The van der Waals surface area contributed by atoms with Crippen LogP contribution in [0.15, 0.2) is 24.3 Å². The third kappa shape index (κ3) is 4.33. The first kappa shape index (κ1) is 15.0. The molecule has 1 atom stereocenters. The van der Waals surface area contributed by atoms with E-state index in [1.54, 1.807) is 0 Å². The second kappa shape index (κ2) is 6.22. The van der Waals surface area contributed by atoms with Crippen molar-refractivity contribution in [2.24, 2.45) is 0 Å². The van der Waals surface area contributed by atoms with Crippen molar-refractivity contribution in [2.45, 2.75) is 24.3 Å². The zero-order chi connectivity index (χ0) is 13.8. The average molecular weight is 324 g/mol. The first-order valence-electron chi connectivity index (χ1n) is 5.44. The SMILES string of the molecule is CCC(Br)CNC(=O)c1ccc(C(F)(F)F)cc1. The number of rotatable bonds is 4. The molecule has 18 heavy (non-hydrogen) atoms. The van der Waals surface area contributed by atoms with Crippen LogP contribution in [0.2, 0.25) is 0 Å². The summed E-state index contributed by atoms with van der Waals surface area (Å²) in [4.78, 5) is 11.8. The Morgan fingerprint density at radius 1 is 1.33 bits per heavy atom. The molecule has 0 saturated carbocycles. The van der Waals surface area contributed by atoms with Crippen LogP contribution >= 0.6 is 15.9 Å². The van der Waals surface area contributed by atoms with E-state index in [9.17, 15) is 18.0 Å². The third-order valence-electron chi connectivity index (χ3n) is 2.40. The van der Waals surface area contributed by atoms with Gasteiger partial charge in [0.25, 0.3) is 5.91 Å². The van der Waals surface area contributed by atoms with Gasteiger partial charge in [0.05, 0.1) is 5.56 Å². The van der Waals surface area contributed by atoms with Gasteiger partial charge in [-0.2, -0.15) is 13.2 Å². The highest BCUT2D eigenvalue weighted by Gasteiger charge is 2.30.